The van der Waals surface area contributed by atoms with E-state index < -0.39 is 0 Å². The summed E-state index contributed by atoms with van der Waals surface area (Å²) in [4.78, 5) is 4.27. The van der Waals surface area contributed by atoms with Gasteiger partial charge in [0.15, 0.2) is 0 Å². The number of pyridine rings is 1. The zero-order valence-corrected chi connectivity index (χ0v) is 14.3. The molecule has 0 saturated heterocycles. The van der Waals surface area contributed by atoms with Crippen molar-refractivity contribution in [2.45, 2.75) is 57.6 Å². The van der Waals surface area contributed by atoms with E-state index in [4.69, 9.17) is 10.4 Å². The fourth-order valence-corrected chi connectivity index (χ4v) is 3.09. The van der Waals surface area contributed by atoms with Crippen LogP contribution in [0.3, 0.4) is 0 Å². The van der Waals surface area contributed by atoms with E-state index >= 15 is 0 Å². The van der Waals surface area contributed by atoms with Crippen LogP contribution in [-0.4, -0.2) is 26.0 Å². The molecule has 1 saturated carbocycles. The molecule has 24 heavy (non-hydrogen) atoms. The third-order valence-electron chi connectivity index (χ3n) is 4.34. The Morgan fingerprint density at radius 3 is 2.67 bits per heavy atom. The van der Waals surface area contributed by atoms with Gasteiger partial charge in [-0.05, 0) is 52.2 Å². The van der Waals surface area contributed by atoms with Gasteiger partial charge in [0, 0.05) is 18.2 Å². The van der Waals surface area contributed by atoms with Crippen LogP contribution in [0.5, 0.6) is 0 Å². The molecule has 0 bridgehead atoms. The van der Waals surface area contributed by atoms with Crippen LogP contribution in [0.1, 0.15) is 57.2 Å². The minimum atomic E-state index is -0.216. The summed E-state index contributed by atoms with van der Waals surface area (Å²) in [5, 5.41) is 26.8. The van der Waals surface area contributed by atoms with E-state index in [1.807, 2.05) is 10.7 Å². The van der Waals surface area contributed by atoms with Gasteiger partial charge in [0.05, 0.1) is 22.9 Å². The van der Waals surface area contributed by atoms with Gasteiger partial charge in [0.2, 0.25) is 0 Å². The number of aliphatic hydroxyl groups excluding tert-OH is 1. The van der Waals surface area contributed by atoms with E-state index in [2.05, 4.69) is 37.1 Å². The summed E-state index contributed by atoms with van der Waals surface area (Å²) in [7, 11) is 0. The minimum absolute atomic E-state index is 0.176. The molecule has 0 aromatic carbocycles. The molecular formula is C18H23N5O. The fourth-order valence-electron chi connectivity index (χ4n) is 3.09. The first-order valence-corrected chi connectivity index (χ1v) is 8.28. The molecule has 3 rings (SSSR count). The Kier molecular flexibility index (Phi) is 4.29. The van der Waals surface area contributed by atoms with Crippen LogP contribution in [0, 0.1) is 11.3 Å². The normalized spacial score (nSPS) is 20.8. The third-order valence-corrected chi connectivity index (χ3v) is 4.34. The predicted octanol–water partition coefficient (Wildman–Crippen LogP) is 3.28. The highest BCUT2D eigenvalue weighted by molar-refractivity contribution is 5.54. The number of hydrogen-bond acceptors (Lipinski definition) is 5. The van der Waals surface area contributed by atoms with Crippen molar-refractivity contribution in [3.05, 3.63) is 35.7 Å². The Bertz CT molecular complexity index is 751. The fraction of sp³-hybridized carbons (Fsp3) is 0.500. The van der Waals surface area contributed by atoms with Crippen LogP contribution in [0.2, 0.25) is 0 Å². The molecule has 2 aromatic rings. The van der Waals surface area contributed by atoms with Crippen molar-refractivity contribution in [2.75, 3.05) is 5.32 Å². The first-order chi connectivity index (χ1) is 11.4. The van der Waals surface area contributed by atoms with E-state index in [1.165, 1.54) is 0 Å². The van der Waals surface area contributed by atoms with Crippen LogP contribution in [0.4, 0.5) is 11.6 Å². The number of rotatable bonds is 3. The summed E-state index contributed by atoms with van der Waals surface area (Å²) in [5.41, 5.74) is 1.37. The number of aliphatic hydroxyl groups is 1. The van der Waals surface area contributed by atoms with Gasteiger partial charge in [-0.1, -0.05) is 0 Å². The Balaban J connectivity index is 1.90. The van der Waals surface area contributed by atoms with E-state index in [1.54, 1.807) is 18.3 Å². The largest absolute Gasteiger partial charge is 0.393 e. The molecule has 0 unspecified atom stereocenters. The van der Waals surface area contributed by atoms with E-state index in [0.717, 1.165) is 30.8 Å². The summed E-state index contributed by atoms with van der Waals surface area (Å²) >= 11 is 0. The lowest BCUT2D eigenvalue weighted by Crippen LogP contribution is -2.24. The highest BCUT2D eigenvalue weighted by Crippen LogP contribution is 2.36. The van der Waals surface area contributed by atoms with Gasteiger partial charge in [0.1, 0.15) is 17.7 Å². The van der Waals surface area contributed by atoms with Crippen LogP contribution in [-0.2, 0) is 5.54 Å². The summed E-state index contributed by atoms with van der Waals surface area (Å²) in [6.07, 6.45) is 3.92. The van der Waals surface area contributed by atoms with Crippen molar-refractivity contribution in [2.24, 2.45) is 0 Å². The molecule has 1 aliphatic carbocycles. The smallest absolute Gasteiger partial charge is 0.131 e. The molecule has 0 radical (unpaired) electrons. The molecule has 1 aliphatic rings. The number of aromatic nitrogens is 3. The molecule has 126 valence electrons. The average molecular weight is 325 g/mol. The van der Waals surface area contributed by atoms with Crippen molar-refractivity contribution in [3.63, 3.8) is 0 Å². The SMILES string of the molecule is CC(C)(C)n1nc([C@H]2CC[C@@H](O)C2)cc1Nc1ccc(C#N)cn1. The number of nitrogens with zero attached hydrogens (tertiary/aromatic N) is 4. The molecule has 6 heteroatoms. The van der Waals surface area contributed by atoms with Crippen molar-refractivity contribution in [1.29, 1.82) is 5.26 Å². The van der Waals surface area contributed by atoms with Gasteiger partial charge in [-0.15, -0.1) is 0 Å². The summed E-state index contributed by atoms with van der Waals surface area (Å²) in [6, 6.07) is 7.64. The second kappa shape index (κ2) is 6.25. The Morgan fingerprint density at radius 2 is 2.12 bits per heavy atom. The van der Waals surface area contributed by atoms with Crippen molar-refractivity contribution < 1.29 is 5.11 Å². The Morgan fingerprint density at radius 1 is 1.33 bits per heavy atom. The molecule has 2 atom stereocenters. The van der Waals surface area contributed by atoms with Gasteiger partial charge < -0.3 is 10.4 Å². The van der Waals surface area contributed by atoms with Crippen molar-refractivity contribution in [1.82, 2.24) is 14.8 Å². The van der Waals surface area contributed by atoms with Gasteiger partial charge in [-0.25, -0.2) is 9.67 Å². The number of anilines is 2. The highest BCUT2D eigenvalue weighted by Gasteiger charge is 2.29. The molecule has 6 nitrogen and oxygen atoms in total. The zero-order chi connectivity index (χ0) is 17.3. The zero-order valence-electron chi connectivity index (χ0n) is 14.3. The van der Waals surface area contributed by atoms with Gasteiger partial charge in [0.25, 0.3) is 0 Å². The first-order valence-electron chi connectivity index (χ1n) is 8.28. The summed E-state index contributed by atoms with van der Waals surface area (Å²) in [6.45, 7) is 6.31. The van der Waals surface area contributed by atoms with Crippen LogP contribution in [0.25, 0.3) is 0 Å². The molecule has 0 spiro atoms. The first kappa shape index (κ1) is 16.5. The monoisotopic (exact) mass is 325 g/mol. The van der Waals surface area contributed by atoms with E-state index in [9.17, 15) is 5.11 Å². The lowest BCUT2D eigenvalue weighted by Gasteiger charge is -2.22. The quantitative estimate of drug-likeness (QED) is 0.904. The third kappa shape index (κ3) is 3.41. The maximum absolute atomic E-state index is 9.79. The van der Waals surface area contributed by atoms with Crippen molar-refractivity contribution >= 4 is 11.6 Å². The van der Waals surface area contributed by atoms with Crippen LogP contribution >= 0.6 is 0 Å². The molecular weight excluding hydrogens is 302 g/mol. The summed E-state index contributed by atoms with van der Waals surface area (Å²) in [5.74, 6) is 1.85. The number of hydrogen-bond donors (Lipinski definition) is 2. The average Bonchev–Trinajstić information content (AvgIpc) is 3.14. The predicted molar refractivity (Wildman–Crippen MR) is 92.1 cm³/mol. The summed E-state index contributed by atoms with van der Waals surface area (Å²) < 4.78 is 1.97. The van der Waals surface area contributed by atoms with Gasteiger partial charge >= 0.3 is 0 Å². The standard InChI is InChI=1S/C18H23N5O/c1-18(2,3)23-17(21-16-7-4-12(10-19)11-20-16)9-15(22-23)13-5-6-14(24)8-13/h4,7,9,11,13-14,24H,5-6,8H2,1-3H3,(H,20,21)/t13-,14+/m0/s1. The molecule has 0 amide bonds. The molecule has 1 fully saturated rings. The Labute approximate surface area is 142 Å². The lowest BCUT2D eigenvalue weighted by atomic mass is 10.0. The lowest BCUT2D eigenvalue weighted by molar-refractivity contribution is 0.181. The second-order valence-electron chi connectivity index (χ2n) is 7.37. The number of nitriles is 1. The van der Waals surface area contributed by atoms with Gasteiger partial charge in [-0.2, -0.15) is 10.4 Å². The molecule has 2 N–H and O–H groups in total. The van der Waals surface area contributed by atoms with Gasteiger partial charge in [-0.3, -0.25) is 0 Å². The van der Waals surface area contributed by atoms with Crippen LogP contribution < -0.4 is 5.32 Å². The van der Waals surface area contributed by atoms with E-state index in [0.29, 0.717) is 17.3 Å². The highest BCUT2D eigenvalue weighted by atomic mass is 16.3. The maximum atomic E-state index is 9.79. The van der Waals surface area contributed by atoms with E-state index in [-0.39, 0.29) is 11.6 Å². The maximum Gasteiger partial charge on any atom is 0.131 e. The van der Waals surface area contributed by atoms with Crippen LogP contribution in [0.15, 0.2) is 24.4 Å². The minimum Gasteiger partial charge on any atom is -0.393 e. The van der Waals surface area contributed by atoms with Crippen molar-refractivity contribution in [3.8, 4) is 6.07 Å². The molecule has 0 aliphatic heterocycles. The topological polar surface area (TPSA) is 86.8 Å². The Hall–Kier alpha value is -2.39. The molecule has 2 heterocycles. The molecule has 2 aromatic heterocycles. The second-order valence-corrected chi connectivity index (χ2v) is 7.37. The number of nitrogens with one attached hydrogen (secondary N) is 1.